The number of likely N-dealkylation sites (tertiary alicyclic amines) is 1. The Morgan fingerprint density at radius 3 is 2.28 bits per heavy atom. The number of fused-ring (bicyclic) bond motifs is 1. The van der Waals surface area contributed by atoms with Gasteiger partial charge in [0.05, 0.1) is 12.2 Å². The predicted molar refractivity (Wildman–Crippen MR) is 88.7 cm³/mol. The van der Waals surface area contributed by atoms with Crippen molar-refractivity contribution in [3.63, 3.8) is 0 Å². The Balaban J connectivity index is 2.17. The van der Waals surface area contributed by atoms with Gasteiger partial charge in [0.2, 0.25) is 5.91 Å². The minimum absolute atomic E-state index is 0.200. The first-order valence-electron chi connectivity index (χ1n) is 8.82. The third-order valence-electron chi connectivity index (χ3n) is 5.07. The summed E-state index contributed by atoms with van der Waals surface area (Å²) in [5.74, 6) is -2.20. The SMILES string of the molecule is CC(C)OC(=O)N[C@H](C(=O)N1C[C@@H]2C(O)CC[C@@H]2[C@H]1C(=O)O)C(C)C. The van der Waals surface area contributed by atoms with Crippen molar-refractivity contribution < 1.29 is 29.3 Å². The monoisotopic (exact) mass is 356 g/mol. The van der Waals surface area contributed by atoms with Crippen molar-refractivity contribution >= 4 is 18.0 Å². The van der Waals surface area contributed by atoms with E-state index in [9.17, 15) is 24.6 Å². The van der Waals surface area contributed by atoms with Gasteiger partial charge in [0.25, 0.3) is 0 Å². The number of aliphatic hydroxyl groups is 1. The van der Waals surface area contributed by atoms with Crippen LogP contribution in [0, 0.1) is 17.8 Å². The summed E-state index contributed by atoms with van der Waals surface area (Å²) in [7, 11) is 0. The summed E-state index contributed by atoms with van der Waals surface area (Å²) < 4.78 is 5.03. The number of hydrogen-bond donors (Lipinski definition) is 3. The number of carbonyl (C=O) groups is 3. The van der Waals surface area contributed by atoms with E-state index < -0.39 is 36.2 Å². The Labute approximate surface area is 147 Å². The lowest BCUT2D eigenvalue weighted by molar-refractivity contribution is -0.150. The number of carboxylic acid groups (broad SMARTS) is 1. The van der Waals surface area contributed by atoms with Crippen LogP contribution in [0.2, 0.25) is 0 Å². The van der Waals surface area contributed by atoms with Gasteiger partial charge >= 0.3 is 12.1 Å². The van der Waals surface area contributed by atoms with E-state index in [4.69, 9.17) is 4.74 Å². The van der Waals surface area contributed by atoms with E-state index in [1.165, 1.54) is 4.90 Å². The highest BCUT2D eigenvalue weighted by atomic mass is 16.6. The van der Waals surface area contributed by atoms with Crippen LogP contribution in [-0.2, 0) is 14.3 Å². The number of amides is 2. The highest BCUT2D eigenvalue weighted by Gasteiger charge is 2.54. The Morgan fingerprint density at radius 2 is 1.76 bits per heavy atom. The molecule has 142 valence electrons. The summed E-state index contributed by atoms with van der Waals surface area (Å²) in [6.07, 6.45) is -0.458. The molecule has 0 spiro atoms. The van der Waals surface area contributed by atoms with Gasteiger partial charge in [-0.3, -0.25) is 4.79 Å². The molecule has 1 saturated carbocycles. The fourth-order valence-electron chi connectivity index (χ4n) is 3.91. The maximum atomic E-state index is 13.0. The summed E-state index contributed by atoms with van der Waals surface area (Å²) in [5, 5.41) is 22.2. The number of nitrogens with zero attached hydrogens (tertiary/aromatic N) is 1. The van der Waals surface area contributed by atoms with Crippen LogP contribution in [0.4, 0.5) is 4.79 Å². The smallest absolute Gasteiger partial charge is 0.408 e. The van der Waals surface area contributed by atoms with Gasteiger partial charge in [-0.15, -0.1) is 0 Å². The van der Waals surface area contributed by atoms with Crippen molar-refractivity contribution in [3.8, 4) is 0 Å². The molecule has 8 heteroatoms. The minimum atomic E-state index is -1.07. The van der Waals surface area contributed by atoms with Crippen LogP contribution in [-0.4, -0.2) is 63.9 Å². The second kappa shape index (κ2) is 7.59. The molecule has 2 fully saturated rings. The average Bonchev–Trinajstić information content (AvgIpc) is 3.03. The lowest BCUT2D eigenvalue weighted by Gasteiger charge is -2.30. The second-order valence-corrected chi connectivity index (χ2v) is 7.57. The van der Waals surface area contributed by atoms with Gasteiger partial charge in [-0.1, -0.05) is 13.8 Å². The molecule has 0 bridgehead atoms. The first-order valence-corrected chi connectivity index (χ1v) is 8.82. The summed E-state index contributed by atoms with van der Waals surface area (Å²) in [5.41, 5.74) is 0. The van der Waals surface area contributed by atoms with E-state index >= 15 is 0 Å². The van der Waals surface area contributed by atoms with Crippen LogP contribution in [0.3, 0.4) is 0 Å². The molecule has 0 aromatic heterocycles. The fraction of sp³-hybridized carbons (Fsp3) is 0.824. The van der Waals surface area contributed by atoms with Crippen molar-refractivity contribution in [2.24, 2.45) is 17.8 Å². The minimum Gasteiger partial charge on any atom is -0.480 e. The van der Waals surface area contributed by atoms with E-state index in [2.05, 4.69) is 5.32 Å². The maximum Gasteiger partial charge on any atom is 0.408 e. The van der Waals surface area contributed by atoms with Crippen LogP contribution in [0.15, 0.2) is 0 Å². The van der Waals surface area contributed by atoms with Crippen LogP contribution in [0.1, 0.15) is 40.5 Å². The number of ether oxygens (including phenoxy) is 1. The molecule has 25 heavy (non-hydrogen) atoms. The number of aliphatic carboxylic acids is 1. The topological polar surface area (TPSA) is 116 Å². The number of nitrogens with one attached hydrogen (secondary N) is 1. The van der Waals surface area contributed by atoms with E-state index in [0.29, 0.717) is 12.8 Å². The summed E-state index contributed by atoms with van der Waals surface area (Å²) in [4.78, 5) is 37.9. The summed E-state index contributed by atoms with van der Waals surface area (Å²) in [6.45, 7) is 7.16. The van der Waals surface area contributed by atoms with Crippen molar-refractivity contribution in [1.29, 1.82) is 0 Å². The Kier molecular flexibility index (Phi) is 5.92. The van der Waals surface area contributed by atoms with Gasteiger partial charge in [-0.05, 0) is 38.5 Å². The molecule has 1 saturated heterocycles. The first-order chi connectivity index (χ1) is 11.6. The number of aliphatic hydroxyl groups excluding tert-OH is 1. The van der Waals surface area contributed by atoms with Gasteiger partial charge in [0.1, 0.15) is 12.1 Å². The van der Waals surface area contributed by atoms with Crippen LogP contribution < -0.4 is 5.32 Å². The zero-order valence-electron chi connectivity index (χ0n) is 15.1. The van der Waals surface area contributed by atoms with Crippen molar-refractivity contribution in [3.05, 3.63) is 0 Å². The molecule has 1 heterocycles. The average molecular weight is 356 g/mol. The van der Waals surface area contributed by atoms with Gasteiger partial charge in [0, 0.05) is 12.5 Å². The van der Waals surface area contributed by atoms with E-state index in [1.54, 1.807) is 27.7 Å². The molecule has 0 aromatic carbocycles. The number of alkyl carbamates (subject to hydrolysis) is 1. The Hall–Kier alpha value is -1.83. The van der Waals surface area contributed by atoms with Crippen molar-refractivity contribution in [2.75, 3.05) is 6.54 Å². The van der Waals surface area contributed by atoms with E-state index in [0.717, 1.165) is 0 Å². The first kappa shape index (κ1) is 19.5. The number of hydrogen-bond acceptors (Lipinski definition) is 5. The van der Waals surface area contributed by atoms with Gasteiger partial charge in [-0.25, -0.2) is 9.59 Å². The van der Waals surface area contributed by atoms with E-state index in [1.807, 2.05) is 0 Å². The van der Waals surface area contributed by atoms with Crippen molar-refractivity contribution in [1.82, 2.24) is 10.2 Å². The molecule has 1 unspecified atom stereocenters. The largest absolute Gasteiger partial charge is 0.480 e. The van der Waals surface area contributed by atoms with Gasteiger partial charge in [0.15, 0.2) is 0 Å². The molecule has 0 radical (unpaired) electrons. The third kappa shape index (κ3) is 4.05. The zero-order valence-corrected chi connectivity index (χ0v) is 15.1. The molecule has 5 atom stereocenters. The molecule has 2 rings (SSSR count). The Bertz CT molecular complexity index is 535. The van der Waals surface area contributed by atoms with Crippen LogP contribution in [0.25, 0.3) is 0 Å². The van der Waals surface area contributed by atoms with Gasteiger partial charge < -0.3 is 25.2 Å². The molecule has 1 aliphatic heterocycles. The number of rotatable bonds is 5. The number of carbonyl (C=O) groups excluding carboxylic acids is 2. The predicted octanol–water partition coefficient (Wildman–Crippen LogP) is 0.828. The van der Waals surface area contributed by atoms with Gasteiger partial charge in [-0.2, -0.15) is 0 Å². The molecule has 0 aromatic rings. The van der Waals surface area contributed by atoms with Crippen molar-refractivity contribution in [2.45, 2.75) is 64.8 Å². The lowest BCUT2D eigenvalue weighted by atomic mass is 9.93. The highest BCUT2D eigenvalue weighted by Crippen LogP contribution is 2.42. The van der Waals surface area contributed by atoms with E-state index in [-0.39, 0.29) is 30.4 Å². The molecular weight excluding hydrogens is 328 g/mol. The van der Waals surface area contributed by atoms with Crippen LogP contribution >= 0.6 is 0 Å². The highest BCUT2D eigenvalue weighted by molar-refractivity contribution is 5.90. The third-order valence-corrected chi connectivity index (χ3v) is 5.07. The molecule has 3 N–H and O–H groups in total. The standard InChI is InChI=1S/C17H28N2O6/c1-8(2)13(18-17(24)25-9(3)4)15(21)19-7-11-10(5-6-12(11)20)14(19)16(22)23/h8-14,20H,5-7H2,1-4H3,(H,18,24)(H,22,23)/t10-,11-,12?,13-,14-/m0/s1. The Morgan fingerprint density at radius 1 is 1.12 bits per heavy atom. The van der Waals surface area contributed by atoms with Crippen LogP contribution in [0.5, 0.6) is 0 Å². The zero-order chi connectivity index (χ0) is 18.9. The maximum absolute atomic E-state index is 13.0. The molecule has 8 nitrogen and oxygen atoms in total. The lowest BCUT2D eigenvalue weighted by Crippen LogP contribution is -2.55. The quantitative estimate of drug-likeness (QED) is 0.672. The molecule has 1 aliphatic carbocycles. The molecule has 2 aliphatic rings. The summed E-state index contributed by atoms with van der Waals surface area (Å²) >= 11 is 0. The molecular formula is C17H28N2O6. The fourth-order valence-corrected chi connectivity index (χ4v) is 3.91. The summed E-state index contributed by atoms with van der Waals surface area (Å²) in [6, 6.07) is -1.83. The molecule has 2 amide bonds. The number of carboxylic acids is 1. The normalized spacial score (nSPS) is 29.6. The second-order valence-electron chi connectivity index (χ2n) is 7.57.